The van der Waals surface area contributed by atoms with Gasteiger partial charge in [-0.05, 0) is 18.8 Å². The van der Waals surface area contributed by atoms with E-state index in [1.54, 1.807) is 0 Å². The van der Waals surface area contributed by atoms with E-state index in [9.17, 15) is 9.46 Å². The van der Waals surface area contributed by atoms with E-state index >= 15 is 0 Å². The minimum atomic E-state index is -2.82. The smallest absolute Gasteiger partial charge is 0.200 e. The van der Waals surface area contributed by atoms with E-state index in [1.165, 1.54) is 12.8 Å². The monoisotopic (exact) mass is 290 g/mol. The molecular weight excluding hydrogens is 263 g/mol. The van der Waals surface area contributed by atoms with E-state index < -0.39 is 7.37 Å². The zero-order valence-corrected chi connectivity index (χ0v) is 12.9. The van der Waals surface area contributed by atoms with Gasteiger partial charge in [0.05, 0.1) is 0 Å². The second kappa shape index (κ2) is 10.8. The van der Waals surface area contributed by atoms with Crippen LogP contribution in [0, 0.1) is 5.92 Å². The van der Waals surface area contributed by atoms with Crippen molar-refractivity contribution >= 4 is 7.37 Å². The van der Waals surface area contributed by atoms with Gasteiger partial charge in [0.15, 0.2) is 0 Å². The fraction of sp³-hybridized carbons (Fsp3) is 1.00. The predicted octanol–water partition coefficient (Wildman–Crippen LogP) is 4.27. The maximum atomic E-state index is 11.9. The van der Waals surface area contributed by atoms with Crippen molar-refractivity contribution in [1.29, 1.82) is 0 Å². The van der Waals surface area contributed by atoms with Crippen LogP contribution in [0.5, 0.6) is 0 Å². The van der Waals surface area contributed by atoms with Crippen molar-refractivity contribution in [2.24, 2.45) is 5.92 Å². The largest absolute Gasteiger partial charge is 0.344 e. The van der Waals surface area contributed by atoms with E-state index in [0.717, 1.165) is 25.7 Å². The van der Waals surface area contributed by atoms with Gasteiger partial charge >= 0.3 is 0 Å². The third kappa shape index (κ3) is 9.90. The Morgan fingerprint density at radius 3 is 2.12 bits per heavy atom. The molecule has 0 spiro atoms. The Morgan fingerprint density at radius 2 is 1.69 bits per heavy atom. The summed E-state index contributed by atoms with van der Waals surface area (Å²) in [6.45, 7) is 6.36. The summed E-state index contributed by atoms with van der Waals surface area (Å²) in [5, 5.41) is 0. The Balaban J connectivity index is 0. The van der Waals surface area contributed by atoms with Crippen LogP contribution in [0.4, 0.5) is 0 Å². The molecule has 0 heterocycles. The molecule has 0 aromatic heterocycles. The summed E-state index contributed by atoms with van der Waals surface area (Å²) in [5.74, 6) is 0.456. The summed E-state index contributed by atoms with van der Waals surface area (Å²) in [4.78, 5) is 9.80. The summed E-state index contributed by atoms with van der Waals surface area (Å²) in [6, 6.07) is 0. The van der Waals surface area contributed by atoms with Crippen LogP contribution in [0.1, 0.15) is 59.3 Å². The van der Waals surface area contributed by atoms with Gasteiger partial charge in [-0.25, -0.2) is 0 Å². The van der Waals surface area contributed by atoms with Crippen molar-refractivity contribution < 1.29 is 26.5 Å². The molecular formula is C12H27FeO2P. The second-order valence-electron chi connectivity index (χ2n) is 4.52. The average Bonchev–Trinajstić information content (AvgIpc) is 2.21. The standard InChI is InChI=1S/C12H27O2P.Fe/c1-4-7-9-12(6-3)11-15(13,14)10-8-5-2;/h12H,4-11H2,1-3H3,(H,13,14);. The Kier molecular flexibility index (Phi) is 12.9. The Hall–Kier alpha value is 0.709. The zero-order chi connectivity index (χ0) is 11.7. The molecule has 0 aliphatic rings. The third-order valence-electron chi connectivity index (χ3n) is 2.95. The van der Waals surface area contributed by atoms with Crippen LogP contribution in [0.15, 0.2) is 0 Å². The van der Waals surface area contributed by atoms with Crippen molar-refractivity contribution in [3.05, 3.63) is 0 Å². The molecule has 0 amide bonds. The molecule has 4 heteroatoms. The van der Waals surface area contributed by atoms with Gasteiger partial charge in [-0.15, -0.1) is 0 Å². The van der Waals surface area contributed by atoms with E-state index in [0.29, 0.717) is 18.2 Å². The first-order chi connectivity index (χ1) is 7.05. The molecule has 2 unspecified atom stereocenters. The van der Waals surface area contributed by atoms with Gasteiger partial charge in [0.25, 0.3) is 0 Å². The van der Waals surface area contributed by atoms with Crippen LogP contribution >= 0.6 is 7.37 Å². The van der Waals surface area contributed by atoms with Crippen molar-refractivity contribution in [3.63, 3.8) is 0 Å². The fourth-order valence-corrected chi connectivity index (χ4v) is 4.06. The molecule has 0 saturated carbocycles. The first kappa shape index (κ1) is 19.1. The van der Waals surface area contributed by atoms with Crippen LogP contribution < -0.4 is 0 Å². The molecule has 0 bridgehead atoms. The fourth-order valence-electron chi connectivity index (χ4n) is 1.82. The molecule has 1 N–H and O–H groups in total. The van der Waals surface area contributed by atoms with Crippen LogP contribution in [-0.4, -0.2) is 17.2 Å². The van der Waals surface area contributed by atoms with Crippen molar-refractivity contribution in [3.8, 4) is 0 Å². The molecule has 0 saturated heterocycles. The van der Waals surface area contributed by atoms with Crippen LogP contribution in [0.3, 0.4) is 0 Å². The summed E-state index contributed by atoms with van der Waals surface area (Å²) in [6.07, 6.45) is 7.48. The minimum absolute atomic E-state index is 0. The molecule has 100 valence electrons. The van der Waals surface area contributed by atoms with Crippen molar-refractivity contribution in [2.45, 2.75) is 59.3 Å². The molecule has 0 rings (SSSR count). The molecule has 0 aromatic carbocycles. The molecule has 16 heavy (non-hydrogen) atoms. The normalized spacial score (nSPS) is 16.2. The number of rotatable bonds is 9. The first-order valence-corrected chi connectivity index (χ1v) is 8.39. The first-order valence-electron chi connectivity index (χ1n) is 6.36. The van der Waals surface area contributed by atoms with Gasteiger partial charge in [0.1, 0.15) is 0 Å². The van der Waals surface area contributed by atoms with E-state index in [2.05, 4.69) is 20.8 Å². The molecule has 2 nitrogen and oxygen atoms in total. The Morgan fingerprint density at radius 1 is 1.12 bits per heavy atom. The maximum absolute atomic E-state index is 11.9. The SMILES string of the molecule is CCCCC(CC)CP(=O)(O)CCCC.[Fe]. The van der Waals surface area contributed by atoms with E-state index in [1.807, 2.05) is 0 Å². The van der Waals surface area contributed by atoms with Crippen molar-refractivity contribution in [1.82, 2.24) is 0 Å². The third-order valence-corrected chi connectivity index (χ3v) is 5.05. The Labute approximate surface area is 112 Å². The summed E-state index contributed by atoms with van der Waals surface area (Å²) < 4.78 is 11.9. The van der Waals surface area contributed by atoms with Crippen LogP contribution in [0.25, 0.3) is 0 Å². The summed E-state index contributed by atoms with van der Waals surface area (Å²) >= 11 is 0. The van der Waals surface area contributed by atoms with Gasteiger partial charge in [0.2, 0.25) is 7.37 Å². The second-order valence-corrected chi connectivity index (χ2v) is 7.03. The quantitative estimate of drug-likeness (QED) is 0.508. The number of unbranched alkanes of at least 4 members (excludes halogenated alkanes) is 2. The zero-order valence-electron chi connectivity index (χ0n) is 10.9. The van der Waals surface area contributed by atoms with Crippen LogP contribution in [0.2, 0.25) is 0 Å². The predicted molar refractivity (Wildman–Crippen MR) is 67.8 cm³/mol. The molecule has 2 atom stereocenters. The maximum Gasteiger partial charge on any atom is 0.200 e. The van der Waals surface area contributed by atoms with Crippen LogP contribution in [-0.2, 0) is 21.6 Å². The molecule has 0 aliphatic carbocycles. The molecule has 0 aliphatic heterocycles. The van der Waals surface area contributed by atoms with Gasteiger partial charge < -0.3 is 4.89 Å². The van der Waals surface area contributed by atoms with Gasteiger partial charge in [-0.2, -0.15) is 0 Å². The van der Waals surface area contributed by atoms with Gasteiger partial charge in [-0.1, -0.05) is 46.5 Å². The summed E-state index contributed by atoms with van der Waals surface area (Å²) in [7, 11) is -2.82. The molecule has 0 aromatic rings. The molecule has 0 radical (unpaired) electrons. The van der Waals surface area contributed by atoms with Crippen molar-refractivity contribution in [2.75, 3.05) is 12.3 Å². The van der Waals surface area contributed by atoms with Gasteiger partial charge in [-0.3, -0.25) is 4.57 Å². The van der Waals surface area contributed by atoms with Gasteiger partial charge in [0, 0.05) is 29.4 Å². The minimum Gasteiger partial charge on any atom is -0.344 e. The van der Waals surface area contributed by atoms with E-state index in [4.69, 9.17) is 0 Å². The topological polar surface area (TPSA) is 37.3 Å². The Bertz CT molecular complexity index is 197. The molecule has 0 fully saturated rings. The number of hydrogen-bond acceptors (Lipinski definition) is 1. The number of hydrogen-bond donors (Lipinski definition) is 1. The summed E-state index contributed by atoms with van der Waals surface area (Å²) in [5.41, 5.74) is 0. The average molecular weight is 290 g/mol. The van der Waals surface area contributed by atoms with E-state index in [-0.39, 0.29) is 17.1 Å².